The molecular weight excluding hydrogens is 866 g/mol. The number of benzene rings is 7. The van der Waals surface area contributed by atoms with Crippen molar-refractivity contribution in [2.45, 2.75) is 62.1 Å². The summed E-state index contributed by atoms with van der Waals surface area (Å²) in [5.74, 6) is -0.433. The Hall–Kier alpha value is -5.85. The number of alkyl halides is 6. The third-order valence-electron chi connectivity index (χ3n) is 13.1. The fourth-order valence-corrected chi connectivity index (χ4v) is 9.47. The van der Waals surface area contributed by atoms with Crippen molar-refractivity contribution in [3.8, 4) is 22.3 Å². The molecule has 2 aliphatic rings. The molecule has 0 unspecified atom stereocenters. The van der Waals surface area contributed by atoms with E-state index in [2.05, 4.69) is 34.9 Å². The van der Waals surface area contributed by atoms with E-state index in [0.717, 1.165) is 80.3 Å². The van der Waals surface area contributed by atoms with E-state index in [1.165, 1.54) is 47.5 Å². The second-order valence-corrected chi connectivity index (χ2v) is 17.6. The Morgan fingerprint density at radius 2 is 0.896 bits per heavy atom. The molecule has 9 rings (SSSR count). The molecule has 0 atom stereocenters. The lowest BCUT2D eigenvalue weighted by Crippen LogP contribution is -2.43. The highest BCUT2D eigenvalue weighted by Crippen LogP contribution is 2.39. The maximum absolute atomic E-state index is 13.8. The van der Waals surface area contributed by atoms with Crippen molar-refractivity contribution >= 4 is 10.8 Å². The summed E-state index contributed by atoms with van der Waals surface area (Å²) in [7, 11) is 0. The van der Waals surface area contributed by atoms with E-state index in [1.54, 1.807) is 6.07 Å². The molecule has 0 radical (unpaired) electrons. The van der Waals surface area contributed by atoms with Crippen LogP contribution in [0, 0.1) is 5.82 Å². The fraction of sp³-hybridized carbons (Fsp3) is 0.286. The van der Waals surface area contributed by atoms with Crippen molar-refractivity contribution in [3.05, 3.63) is 203 Å². The van der Waals surface area contributed by atoms with Gasteiger partial charge < -0.3 is 20.1 Å². The summed E-state index contributed by atoms with van der Waals surface area (Å²) in [4.78, 5) is 0. The summed E-state index contributed by atoms with van der Waals surface area (Å²) in [6.07, 6.45) is -5.25. The molecule has 2 N–H and O–H groups in total. The molecule has 67 heavy (non-hydrogen) atoms. The second kappa shape index (κ2) is 21.0. The van der Waals surface area contributed by atoms with Gasteiger partial charge in [-0.05, 0) is 156 Å². The highest BCUT2D eigenvalue weighted by molar-refractivity contribution is 5.96. The Bertz CT molecular complexity index is 2690. The van der Waals surface area contributed by atoms with Gasteiger partial charge in [-0.3, -0.25) is 0 Å². The van der Waals surface area contributed by atoms with Gasteiger partial charge in [-0.2, -0.15) is 26.3 Å². The quantitative estimate of drug-likeness (QED) is 0.120. The highest BCUT2D eigenvalue weighted by Gasteiger charge is 2.36. The number of halogens is 7. The first-order chi connectivity index (χ1) is 32.3. The number of hydrogen-bond donors (Lipinski definition) is 2. The first-order valence-electron chi connectivity index (χ1n) is 22.6. The third kappa shape index (κ3) is 11.8. The molecule has 0 aromatic heterocycles. The molecule has 0 amide bonds. The van der Waals surface area contributed by atoms with Crippen LogP contribution in [0.5, 0.6) is 0 Å². The normalized spacial score (nSPS) is 16.0. The van der Waals surface area contributed by atoms with Crippen LogP contribution in [-0.2, 0) is 45.9 Å². The first kappa shape index (κ1) is 47.6. The van der Waals surface area contributed by atoms with Gasteiger partial charge in [-0.15, -0.1) is 0 Å². The minimum Gasteiger partial charge on any atom is -0.376 e. The number of hydrogen-bond acceptors (Lipinski definition) is 4. The zero-order chi connectivity index (χ0) is 46.9. The van der Waals surface area contributed by atoms with Crippen LogP contribution in [0.25, 0.3) is 33.0 Å². The van der Waals surface area contributed by atoms with Crippen LogP contribution in [-0.4, -0.2) is 39.4 Å². The Morgan fingerprint density at radius 1 is 0.448 bits per heavy atom. The third-order valence-corrected chi connectivity index (χ3v) is 13.1. The lowest BCUT2D eigenvalue weighted by atomic mass is 9.74. The molecule has 348 valence electrons. The van der Waals surface area contributed by atoms with Gasteiger partial charge in [0.2, 0.25) is 0 Å². The molecule has 0 saturated carbocycles. The van der Waals surface area contributed by atoms with E-state index in [9.17, 15) is 30.7 Å². The number of ether oxygens (including phenoxy) is 2. The van der Waals surface area contributed by atoms with Crippen molar-refractivity contribution in [1.29, 1.82) is 0 Å². The molecule has 2 aliphatic heterocycles. The van der Waals surface area contributed by atoms with E-state index in [0.29, 0.717) is 41.0 Å². The summed E-state index contributed by atoms with van der Waals surface area (Å²) in [5, 5.41) is 8.69. The van der Waals surface area contributed by atoms with Crippen molar-refractivity contribution in [2.75, 3.05) is 39.4 Å². The topological polar surface area (TPSA) is 42.5 Å². The van der Waals surface area contributed by atoms with Crippen LogP contribution < -0.4 is 10.6 Å². The summed E-state index contributed by atoms with van der Waals surface area (Å²) < 4.78 is 107. The average Bonchev–Trinajstić information content (AvgIpc) is 3.35. The van der Waals surface area contributed by atoms with Crippen molar-refractivity contribution in [2.24, 2.45) is 0 Å². The molecule has 11 heteroatoms. The Labute approximate surface area is 387 Å². The molecule has 0 spiro atoms. The van der Waals surface area contributed by atoms with Gasteiger partial charge >= 0.3 is 12.4 Å². The standard InChI is InChI=1S/C30H28F3NO.C26H25F4NO/c31-30(32,33)26-18-22(17-24(19-26)28-12-6-8-23-7-4-5-11-27(23)28)20-35-21-29(13-15-34-16-14-29)25-9-2-1-3-10-25;27-24-8-6-20(7-9-24)21-14-19(15-23(16-21)26(28,29)30)17-32-18-25(10-12-31-13-11-25)22-4-2-1-3-5-22/h1-12,17-19,34H,13-16,20-21H2;1-9,14-16,31H,10-13,17-18H2. The van der Waals surface area contributed by atoms with Crippen LogP contribution >= 0.6 is 0 Å². The van der Waals surface area contributed by atoms with Crippen molar-refractivity contribution in [1.82, 2.24) is 10.6 Å². The SMILES string of the molecule is FC(F)(F)c1cc(COCC2(c3ccccc3)CCNCC2)cc(-c2cccc3ccccc23)c1.Fc1ccc(-c2cc(COCC3(c4ccccc4)CCNCC3)cc(C(F)(F)F)c2)cc1. The van der Waals surface area contributed by atoms with E-state index in [-0.39, 0.29) is 24.0 Å². The van der Waals surface area contributed by atoms with Gasteiger partial charge in [0.25, 0.3) is 0 Å². The maximum Gasteiger partial charge on any atom is 0.416 e. The molecule has 0 bridgehead atoms. The second-order valence-electron chi connectivity index (χ2n) is 17.6. The molecule has 4 nitrogen and oxygen atoms in total. The summed E-state index contributed by atoms with van der Waals surface area (Å²) in [5.41, 5.74) is 3.95. The van der Waals surface area contributed by atoms with Crippen molar-refractivity contribution in [3.63, 3.8) is 0 Å². The van der Waals surface area contributed by atoms with Gasteiger partial charge in [0.05, 0.1) is 37.6 Å². The van der Waals surface area contributed by atoms with Crippen LogP contribution in [0.4, 0.5) is 30.7 Å². The number of fused-ring (bicyclic) bond motifs is 1. The van der Waals surface area contributed by atoms with Crippen molar-refractivity contribution < 1.29 is 40.2 Å². The van der Waals surface area contributed by atoms with Crippen LogP contribution in [0.3, 0.4) is 0 Å². The largest absolute Gasteiger partial charge is 0.416 e. The van der Waals surface area contributed by atoms with Gasteiger partial charge in [-0.1, -0.05) is 115 Å². The first-order valence-corrected chi connectivity index (χ1v) is 22.6. The molecule has 2 fully saturated rings. The lowest BCUT2D eigenvalue weighted by molar-refractivity contribution is -0.138. The minimum atomic E-state index is -4.48. The number of nitrogens with one attached hydrogen (secondary N) is 2. The zero-order valence-corrected chi connectivity index (χ0v) is 37.0. The Morgan fingerprint density at radius 3 is 1.40 bits per heavy atom. The fourth-order valence-electron chi connectivity index (χ4n) is 9.47. The predicted octanol–water partition coefficient (Wildman–Crippen LogP) is 13.7. The lowest BCUT2D eigenvalue weighted by Gasteiger charge is -2.38. The molecule has 2 saturated heterocycles. The Balaban J connectivity index is 0.000000182. The molecule has 7 aromatic rings. The number of piperidine rings is 2. The maximum atomic E-state index is 13.8. The van der Waals surface area contributed by atoms with Gasteiger partial charge in [-0.25, -0.2) is 4.39 Å². The van der Waals surface area contributed by atoms with Gasteiger partial charge in [0.15, 0.2) is 0 Å². The van der Waals surface area contributed by atoms with Gasteiger partial charge in [0, 0.05) is 10.8 Å². The van der Waals surface area contributed by atoms with E-state index in [1.807, 2.05) is 84.9 Å². The van der Waals surface area contributed by atoms with E-state index in [4.69, 9.17) is 9.47 Å². The predicted molar refractivity (Wildman–Crippen MR) is 251 cm³/mol. The highest BCUT2D eigenvalue weighted by atomic mass is 19.4. The van der Waals surface area contributed by atoms with Crippen LogP contribution in [0.2, 0.25) is 0 Å². The zero-order valence-electron chi connectivity index (χ0n) is 37.0. The van der Waals surface area contributed by atoms with E-state index >= 15 is 0 Å². The smallest absolute Gasteiger partial charge is 0.376 e. The molecular formula is C56H53F7N2O2. The minimum absolute atomic E-state index is 0.0696. The van der Waals surface area contributed by atoms with Crippen LogP contribution in [0.15, 0.2) is 164 Å². The average molecular weight is 919 g/mol. The van der Waals surface area contributed by atoms with E-state index < -0.39 is 29.3 Å². The number of rotatable bonds is 12. The summed E-state index contributed by atoms with van der Waals surface area (Å²) in [6, 6.07) is 47.6. The molecule has 7 aromatic carbocycles. The van der Waals surface area contributed by atoms with Gasteiger partial charge in [0.1, 0.15) is 5.82 Å². The van der Waals surface area contributed by atoms with Crippen LogP contribution in [0.1, 0.15) is 59.1 Å². The molecule has 0 aliphatic carbocycles. The summed E-state index contributed by atoms with van der Waals surface area (Å²) >= 11 is 0. The Kier molecular flexibility index (Phi) is 14.9. The monoisotopic (exact) mass is 918 g/mol. The molecule has 2 heterocycles. The summed E-state index contributed by atoms with van der Waals surface area (Å²) in [6.45, 7) is 4.64.